The summed E-state index contributed by atoms with van der Waals surface area (Å²) in [5.41, 5.74) is 2.24. The Labute approximate surface area is 166 Å². The van der Waals surface area contributed by atoms with Gasteiger partial charge in [-0.2, -0.15) is 0 Å². The van der Waals surface area contributed by atoms with Crippen LogP contribution in [0.4, 0.5) is 0 Å². The van der Waals surface area contributed by atoms with Gasteiger partial charge in [0.2, 0.25) is 0 Å². The van der Waals surface area contributed by atoms with E-state index in [-0.39, 0.29) is 18.6 Å². The predicted octanol–water partition coefficient (Wildman–Crippen LogP) is 2.57. The minimum atomic E-state index is -0.131. The molecule has 1 amide bonds. The molecule has 1 fully saturated rings. The van der Waals surface area contributed by atoms with Gasteiger partial charge in [-0.25, -0.2) is 0 Å². The number of benzene rings is 2. The summed E-state index contributed by atoms with van der Waals surface area (Å²) >= 11 is 0. The van der Waals surface area contributed by atoms with Crippen LogP contribution in [0.15, 0.2) is 48.5 Å². The molecule has 6 heteroatoms. The lowest BCUT2D eigenvalue weighted by molar-refractivity contribution is -0.123. The van der Waals surface area contributed by atoms with Gasteiger partial charge in [-0.1, -0.05) is 24.3 Å². The first-order valence-corrected chi connectivity index (χ1v) is 9.57. The smallest absolute Gasteiger partial charge is 0.258 e. The number of carbonyl (C=O) groups is 1. The van der Waals surface area contributed by atoms with E-state index in [0.717, 1.165) is 30.0 Å². The highest BCUT2D eigenvalue weighted by molar-refractivity contribution is 5.77. The van der Waals surface area contributed by atoms with Crippen molar-refractivity contribution in [2.24, 2.45) is 0 Å². The standard InChI is InChI=1S/C22H28N2O4/c1-17-4-3-5-20(14-17)28-16-22(25)23-15-21(24-10-12-27-13-11-24)18-6-8-19(26-2)9-7-18/h3-9,14,21H,10-13,15-16H2,1-2H3,(H,23,25). The van der Waals surface area contributed by atoms with Crippen LogP contribution in [-0.2, 0) is 9.53 Å². The van der Waals surface area contributed by atoms with Gasteiger partial charge in [0, 0.05) is 19.6 Å². The Kier molecular flexibility index (Phi) is 7.28. The Morgan fingerprint density at radius 3 is 2.57 bits per heavy atom. The van der Waals surface area contributed by atoms with E-state index in [1.165, 1.54) is 0 Å². The molecule has 2 aromatic rings. The number of nitrogens with one attached hydrogen (secondary N) is 1. The van der Waals surface area contributed by atoms with Gasteiger partial charge in [0.1, 0.15) is 11.5 Å². The summed E-state index contributed by atoms with van der Waals surface area (Å²) in [6, 6.07) is 15.8. The van der Waals surface area contributed by atoms with Crippen molar-refractivity contribution in [2.45, 2.75) is 13.0 Å². The zero-order valence-corrected chi connectivity index (χ0v) is 16.5. The fourth-order valence-electron chi connectivity index (χ4n) is 3.29. The van der Waals surface area contributed by atoms with Crippen molar-refractivity contribution in [3.05, 3.63) is 59.7 Å². The second-order valence-corrected chi connectivity index (χ2v) is 6.85. The molecule has 0 bridgehead atoms. The number of rotatable bonds is 8. The summed E-state index contributed by atoms with van der Waals surface area (Å²) < 4.78 is 16.3. The second kappa shape index (κ2) is 10.1. The fourth-order valence-corrected chi connectivity index (χ4v) is 3.29. The number of methoxy groups -OCH3 is 1. The normalized spacial score (nSPS) is 15.6. The molecule has 2 aromatic carbocycles. The van der Waals surface area contributed by atoms with Crippen molar-refractivity contribution >= 4 is 5.91 Å². The third-order valence-corrected chi connectivity index (χ3v) is 4.84. The largest absolute Gasteiger partial charge is 0.497 e. The van der Waals surface area contributed by atoms with Crippen molar-refractivity contribution in [2.75, 3.05) is 46.6 Å². The van der Waals surface area contributed by atoms with Crippen LogP contribution >= 0.6 is 0 Å². The summed E-state index contributed by atoms with van der Waals surface area (Å²) in [6.07, 6.45) is 0. The Morgan fingerprint density at radius 2 is 1.89 bits per heavy atom. The number of amides is 1. The molecule has 1 saturated heterocycles. The summed E-state index contributed by atoms with van der Waals surface area (Å²) in [7, 11) is 1.66. The zero-order chi connectivity index (χ0) is 19.8. The van der Waals surface area contributed by atoms with Crippen LogP contribution in [0.25, 0.3) is 0 Å². The highest BCUT2D eigenvalue weighted by Gasteiger charge is 2.23. The summed E-state index contributed by atoms with van der Waals surface area (Å²) in [6.45, 7) is 5.60. The molecule has 6 nitrogen and oxygen atoms in total. The van der Waals surface area contributed by atoms with Gasteiger partial charge in [0.15, 0.2) is 6.61 Å². The van der Waals surface area contributed by atoms with E-state index < -0.39 is 0 Å². The van der Waals surface area contributed by atoms with Crippen LogP contribution in [-0.4, -0.2) is 57.4 Å². The van der Waals surface area contributed by atoms with E-state index in [1.807, 2.05) is 55.5 Å². The van der Waals surface area contributed by atoms with Gasteiger partial charge in [-0.05, 0) is 42.3 Å². The van der Waals surface area contributed by atoms with Crippen LogP contribution in [0.3, 0.4) is 0 Å². The van der Waals surface area contributed by atoms with E-state index >= 15 is 0 Å². The molecular weight excluding hydrogens is 356 g/mol. The third-order valence-electron chi connectivity index (χ3n) is 4.84. The number of ether oxygens (including phenoxy) is 3. The fraction of sp³-hybridized carbons (Fsp3) is 0.409. The summed E-state index contributed by atoms with van der Waals surface area (Å²) in [4.78, 5) is 14.7. The Hall–Kier alpha value is -2.57. The summed E-state index contributed by atoms with van der Waals surface area (Å²) in [5.74, 6) is 1.39. The molecule has 1 unspecified atom stereocenters. The number of hydrogen-bond donors (Lipinski definition) is 1. The zero-order valence-electron chi connectivity index (χ0n) is 16.5. The molecule has 1 heterocycles. The molecule has 0 saturated carbocycles. The second-order valence-electron chi connectivity index (χ2n) is 6.85. The Morgan fingerprint density at radius 1 is 1.14 bits per heavy atom. The third kappa shape index (κ3) is 5.71. The molecule has 0 aliphatic carbocycles. The SMILES string of the molecule is COc1ccc(C(CNC(=O)COc2cccc(C)c2)N2CCOCC2)cc1. The highest BCUT2D eigenvalue weighted by Crippen LogP contribution is 2.23. The van der Waals surface area contributed by atoms with Crippen molar-refractivity contribution in [1.82, 2.24) is 10.2 Å². The van der Waals surface area contributed by atoms with Crippen LogP contribution in [0.2, 0.25) is 0 Å². The number of hydrogen-bond acceptors (Lipinski definition) is 5. The van der Waals surface area contributed by atoms with Gasteiger partial charge in [-0.15, -0.1) is 0 Å². The van der Waals surface area contributed by atoms with Gasteiger partial charge in [0.25, 0.3) is 5.91 Å². The molecule has 28 heavy (non-hydrogen) atoms. The maximum atomic E-state index is 12.3. The monoisotopic (exact) mass is 384 g/mol. The first-order chi connectivity index (χ1) is 13.7. The van der Waals surface area contributed by atoms with Crippen LogP contribution in [0.1, 0.15) is 17.2 Å². The minimum absolute atomic E-state index is 0.00188. The number of morpholine rings is 1. The van der Waals surface area contributed by atoms with E-state index in [1.54, 1.807) is 7.11 Å². The summed E-state index contributed by atoms with van der Waals surface area (Å²) in [5, 5.41) is 3.01. The van der Waals surface area contributed by atoms with Crippen molar-refractivity contribution in [1.29, 1.82) is 0 Å². The topological polar surface area (TPSA) is 60.0 Å². The maximum absolute atomic E-state index is 12.3. The molecule has 0 spiro atoms. The van der Waals surface area contributed by atoms with Gasteiger partial charge < -0.3 is 19.5 Å². The number of nitrogens with zero attached hydrogens (tertiary/aromatic N) is 1. The van der Waals surface area contributed by atoms with Crippen LogP contribution in [0, 0.1) is 6.92 Å². The van der Waals surface area contributed by atoms with E-state index in [4.69, 9.17) is 14.2 Å². The van der Waals surface area contributed by atoms with Gasteiger partial charge in [0.05, 0.1) is 26.4 Å². The van der Waals surface area contributed by atoms with E-state index in [0.29, 0.717) is 25.5 Å². The van der Waals surface area contributed by atoms with Crippen LogP contribution < -0.4 is 14.8 Å². The molecule has 0 radical (unpaired) electrons. The number of carbonyl (C=O) groups excluding carboxylic acids is 1. The van der Waals surface area contributed by atoms with Crippen molar-refractivity contribution < 1.29 is 19.0 Å². The first-order valence-electron chi connectivity index (χ1n) is 9.57. The van der Waals surface area contributed by atoms with Gasteiger partial charge in [-0.3, -0.25) is 9.69 Å². The van der Waals surface area contributed by atoms with Gasteiger partial charge >= 0.3 is 0 Å². The minimum Gasteiger partial charge on any atom is -0.497 e. The molecule has 1 N–H and O–H groups in total. The predicted molar refractivity (Wildman–Crippen MR) is 108 cm³/mol. The molecular formula is C22H28N2O4. The van der Waals surface area contributed by atoms with E-state index in [9.17, 15) is 4.79 Å². The Balaban J connectivity index is 1.59. The Bertz CT molecular complexity index is 757. The average Bonchev–Trinajstić information content (AvgIpc) is 2.74. The lowest BCUT2D eigenvalue weighted by Gasteiger charge is -2.35. The lowest BCUT2D eigenvalue weighted by atomic mass is 10.0. The molecule has 1 aliphatic heterocycles. The van der Waals surface area contributed by atoms with E-state index in [2.05, 4.69) is 10.2 Å². The average molecular weight is 384 g/mol. The molecule has 1 atom stereocenters. The van der Waals surface area contributed by atoms with Crippen LogP contribution in [0.5, 0.6) is 11.5 Å². The van der Waals surface area contributed by atoms with Crippen molar-refractivity contribution in [3.63, 3.8) is 0 Å². The first kappa shape index (κ1) is 20.2. The quantitative estimate of drug-likeness (QED) is 0.758. The molecule has 150 valence electrons. The molecule has 0 aromatic heterocycles. The molecule has 3 rings (SSSR count). The molecule has 1 aliphatic rings. The maximum Gasteiger partial charge on any atom is 0.258 e. The lowest BCUT2D eigenvalue weighted by Crippen LogP contribution is -2.44. The van der Waals surface area contributed by atoms with Crippen molar-refractivity contribution in [3.8, 4) is 11.5 Å². The highest BCUT2D eigenvalue weighted by atomic mass is 16.5. The number of aryl methyl sites for hydroxylation is 1.